The van der Waals surface area contributed by atoms with E-state index < -0.39 is 10.2 Å². The van der Waals surface area contributed by atoms with Gasteiger partial charge in [-0.25, -0.2) is 4.72 Å². The van der Waals surface area contributed by atoms with E-state index in [0.717, 1.165) is 51.4 Å². The maximum Gasteiger partial charge on any atom is 0.279 e. The van der Waals surface area contributed by atoms with Crippen LogP contribution < -0.4 is 4.72 Å². The molecule has 0 radical (unpaired) electrons. The second-order valence-corrected chi connectivity index (χ2v) is 7.16. The molecule has 1 aliphatic rings. The molecule has 19 heavy (non-hydrogen) atoms. The molecule has 0 amide bonds. The summed E-state index contributed by atoms with van der Waals surface area (Å²) in [6.07, 6.45) is 8.99. The maximum absolute atomic E-state index is 12.1. The molecule has 1 aliphatic carbocycles. The number of aliphatic hydroxyl groups is 1. The first-order chi connectivity index (χ1) is 9.08. The third-order valence-corrected chi connectivity index (χ3v) is 5.46. The van der Waals surface area contributed by atoms with Crippen molar-refractivity contribution in [2.24, 2.45) is 0 Å². The van der Waals surface area contributed by atoms with Crippen LogP contribution in [0, 0.1) is 0 Å². The van der Waals surface area contributed by atoms with Crippen molar-refractivity contribution >= 4 is 10.2 Å². The highest BCUT2D eigenvalue weighted by molar-refractivity contribution is 7.87. The third-order valence-electron chi connectivity index (χ3n) is 3.84. The zero-order valence-electron chi connectivity index (χ0n) is 12.0. The summed E-state index contributed by atoms with van der Waals surface area (Å²) in [6, 6.07) is 0.167. The van der Waals surface area contributed by atoms with Crippen LogP contribution in [0.5, 0.6) is 0 Å². The number of nitrogens with one attached hydrogen (secondary N) is 1. The minimum absolute atomic E-state index is 0.167. The minimum atomic E-state index is -3.32. The Morgan fingerprint density at radius 1 is 1.11 bits per heavy atom. The number of aliphatic hydroxyl groups excluding tert-OH is 1. The standard InChI is InChI=1S/C13H28N2O3S/c1-15(13-9-5-4-6-10-13)19(17,18)14-11-7-2-3-8-12-16/h13-14,16H,2-12H2,1H3. The molecule has 1 rings (SSSR count). The van der Waals surface area contributed by atoms with Gasteiger partial charge in [-0.2, -0.15) is 12.7 Å². The van der Waals surface area contributed by atoms with Crippen molar-refractivity contribution in [1.29, 1.82) is 0 Å². The van der Waals surface area contributed by atoms with Gasteiger partial charge in [0.25, 0.3) is 10.2 Å². The van der Waals surface area contributed by atoms with Gasteiger partial charge >= 0.3 is 0 Å². The smallest absolute Gasteiger partial charge is 0.279 e. The van der Waals surface area contributed by atoms with Gasteiger partial charge in [-0.05, 0) is 25.7 Å². The maximum atomic E-state index is 12.1. The lowest BCUT2D eigenvalue weighted by atomic mass is 9.96. The Morgan fingerprint density at radius 3 is 2.37 bits per heavy atom. The van der Waals surface area contributed by atoms with Crippen molar-refractivity contribution in [3.05, 3.63) is 0 Å². The van der Waals surface area contributed by atoms with Gasteiger partial charge in [0, 0.05) is 26.2 Å². The van der Waals surface area contributed by atoms with Crippen LogP contribution in [0.15, 0.2) is 0 Å². The fraction of sp³-hybridized carbons (Fsp3) is 1.00. The molecule has 6 heteroatoms. The van der Waals surface area contributed by atoms with Gasteiger partial charge in [0.2, 0.25) is 0 Å². The highest BCUT2D eigenvalue weighted by Crippen LogP contribution is 2.22. The molecule has 0 aromatic heterocycles. The number of rotatable bonds is 9. The summed E-state index contributed by atoms with van der Waals surface area (Å²) in [5, 5.41) is 8.65. The first-order valence-corrected chi connectivity index (χ1v) is 8.85. The Bertz CT molecular complexity index is 327. The summed E-state index contributed by atoms with van der Waals surface area (Å²) in [4.78, 5) is 0. The van der Waals surface area contributed by atoms with E-state index in [9.17, 15) is 8.42 Å². The van der Waals surface area contributed by atoms with E-state index in [1.165, 1.54) is 10.7 Å². The quantitative estimate of drug-likeness (QED) is 0.635. The number of hydrogen-bond donors (Lipinski definition) is 2. The van der Waals surface area contributed by atoms with Crippen molar-refractivity contribution in [1.82, 2.24) is 9.03 Å². The zero-order valence-corrected chi connectivity index (χ0v) is 12.8. The van der Waals surface area contributed by atoms with Gasteiger partial charge in [-0.15, -0.1) is 0 Å². The molecule has 0 aromatic rings. The van der Waals surface area contributed by atoms with Crippen LogP contribution >= 0.6 is 0 Å². The molecule has 0 bridgehead atoms. The minimum Gasteiger partial charge on any atom is -0.396 e. The topological polar surface area (TPSA) is 69.6 Å². The Kier molecular flexibility index (Phi) is 7.90. The molecular weight excluding hydrogens is 264 g/mol. The third kappa shape index (κ3) is 6.21. The van der Waals surface area contributed by atoms with E-state index in [2.05, 4.69) is 4.72 Å². The second kappa shape index (κ2) is 8.89. The summed E-state index contributed by atoms with van der Waals surface area (Å²) in [7, 11) is -1.63. The molecular formula is C13H28N2O3S. The molecule has 0 aliphatic heterocycles. The van der Waals surface area contributed by atoms with Gasteiger partial charge < -0.3 is 5.11 Å². The Balaban J connectivity index is 2.25. The van der Waals surface area contributed by atoms with Gasteiger partial charge in [0.1, 0.15) is 0 Å². The molecule has 0 atom stereocenters. The van der Waals surface area contributed by atoms with Gasteiger partial charge in [-0.3, -0.25) is 0 Å². The molecule has 0 unspecified atom stereocenters. The van der Waals surface area contributed by atoms with Crippen LogP contribution in [0.1, 0.15) is 57.8 Å². The van der Waals surface area contributed by atoms with Crippen LogP contribution in [-0.2, 0) is 10.2 Å². The first-order valence-electron chi connectivity index (χ1n) is 7.41. The van der Waals surface area contributed by atoms with E-state index in [1.807, 2.05) is 0 Å². The molecule has 0 aromatic carbocycles. The number of hydrogen-bond acceptors (Lipinski definition) is 3. The van der Waals surface area contributed by atoms with Gasteiger partial charge in [0.15, 0.2) is 0 Å². The lowest BCUT2D eigenvalue weighted by Crippen LogP contribution is -2.45. The van der Waals surface area contributed by atoms with Crippen LogP contribution in [0.25, 0.3) is 0 Å². The number of unbranched alkanes of at least 4 members (excludes halogenated alkanes) is 3. The molecule has 114 valence electrons. The van der Waals surface area contributed by atoms with E-state index >= 15 is 0 Å². The van der Waals surface area contributed by atoms with Crippen molar-refractivity contribution < 1.29 is 13.5 Å². The highest BCUT2D eigenvalue weighted by atomic mass is 32.2. The van der Waals surface area contributed by atoms with Crippen molar-refractivity contribution in [2.45, 2.75) is 63.8 Å². The Labute approximate surface area is 117 Å². The van der Waals surface area contributed by atoms with E-state index in [4.69, 9.17) is 5.11 Å². The SMILES string of the molecule is CN(C1CCCCC1)S(=O)(=O)NCCCCCCO. The van der Waals surface area contributed by atoms with Crippen LogP contribution in [-0.4, -0.2) is 44.1 Å². The second-order valence-electron chi connectivity index (χ2n) is 5.35. The molecule has 0 saturated heterocycles. The van der Waals surface area contributed by atoms with Gasteiger partial charge in [-0.1, -0.05) is 32.1 Å². The molecule has 0 heterocycles. The van der Waals surface area contributed by atoms with E-state index in [0.29, 0.717) is 6.54 Å². The van der Waals surface area contributed by atoms with Crippen LogP contribution in [0.2, 0.25) is 0 Å². The Hall–Kier alpha value is -0.170. The summed E-state index contributed by atoms with van der Waals surface area (Å²) in [5.74, 6) is 0. The average molecular weight is 292 g/mol. The monoisotopic (exact) mass is 292 g/mol. The fourth-order valence-electron chi connectivity index (χ4n) is 2.53. The van der Waals surface area contributed by atoms with Crippen molar-refractivity contribution in [3.8, 4) is 0 Å². The zero-order chi connectivity index (χ0) is 14.1. The van der Waals surface area contributed by atoms with Crippen LogP contribution in [0.3, 0.4) is 0 Å². The highest BCUT2D eigenvalue weighted by Gasteiger charge is 2.26. The predicted molar refractivity (Wildman–Crippen MR) is 77.1 cm³/mol. The number of nitrogens with zero attached hydrogens (tertiary/aromatic N) is 1. The normalized spacial score (nSPS) is 18.1. The summed E-state index contributed by atoms with van der Waals surface area (Å²) in [5.41, 5.74) is 0. The molecule has 1 saturated carbocycles. The molecule has 1 fully saturated rings. The molecule has 2 N–H and O–H groups in total. The van der Waals surface area contributed by atoms with E-state index in [1.54, 1.807) is 7.05 Å². The fourth-order valence-corrected chi connectivity index (χ4v) is 3.74. The van der Waals surface area contributed by atoms with Gasteiger partial charge in [0.05, 0.1) is 0 Å². The summed E-state index contributed by atoms with van der Waals surface area (Å²) < 4.78 is 28.4. The van der Waals surface area contributed by atoms with Crippen molar-refractivity contribution in [3.63, 3.8) is 0 Å². The van der Waals surface area contributed by atoms with Crippen LogP contribution in [0.4, 0.5) is 0 Å². The van der Waals surface area contributed by atoms with Crippen molar-refractivity contribution in [2.75, 3.05) is 20.2 Å². The first kappa shape index (κ1) is 16.9. The average Bonchev–Trinajstić information content (AvgIpc) is 2.43. The largest absolute Gasteiger partial charge is 0.396 e. The summed E-state index contributed by atoms with van der Waals surface area (Å²) >= 11 is 0. The Morgan fingerprint density at radius 2 is 1.74 bits per heavy atom. The molecule has 5 nitrogen and oxygen atoms in total. The molecule has 0 spiro atoms. The lowest BCUT2D eigenvalue weighted by Gasteiger charge is -2.30. The summed E-state index contributed by atoms with van der Waals surface area (Å²) in [6.45, 7) is 0.709. The van der Waals surface area contributed by atoms with E-state index in [-0.39, 0.29) is 12.6 Å². The predicted octanol–water partition coefficient (Wildman–Crippen LogP) is 1.64. The lowest BCUT2D eigenvalue weighted by molar-refractivity contribution is 0.280.